The van der Waals surface area contributed by atoms with Crippen LogP contribution in [0.4, 0.5) is 0 Å². The van der Waals surface area contributed by atoms with E-state index in [0.717, 1.165) is 15.6 Å². The third kappa shape index (κ3) is 4.95. The number of aryl methyl sites for hydroxylation is 1. The molecule has 0 spiro atoms. The minimum atomic E-state index is -0.629. The van der Waals surface area contributed by atoms with E-state index in [4.69, 9.17) is 9.15 Å². The van der Waals surface area contributed by atoms with Crippen LogP contribution in [0.5, 0.6) is 5.75 Å². The van der Waals surface area contributed by atoms with Crippen molar-refractivity contribution in [2.24, 2.45) is 0 Å². The van der Waals surface area contributed by atoms with Crippen molar-refractivity contribution >= 4 is 21.8 Å². The van der Waals surface area contributed by atoms with Gasteiger partial charge in [-0.3, -0.25) is 4.79 Å². The SMILES string of the molecule is Cc1ccc(-c2nnc(CN(C)C(=O)[C@@H](C)Oc3ccc(Br)cc3)o2)cc1. The maximum atomic E-state index is 12.5. The van der Waals surface area contributed by atoms with E-state index < -0.39 is 6.10 Å². The first kappa shape index (κ1) is 19.1. The molecule has 1 heterocycles. The van der Waals surface area contributed by atoms with Gasteiger partial charge >= 0.3 is 0 Å². The number of likely N-dealkylation sites (N-methyl/N-ethyl adjacent to an activating group) is 1. The predicted molar refractivity (Wildman–Crippen MR) is 105 cm³/mol. The fraction of sp³-hybridized carbons (Fsp3) is 0.250. The molecule has 0 fully saturated rings. The summed E-state index contributed by atoms with van der Waals surface area (Å²) in [5, 5.41) is 8.09. The molecular formula is C20H20BrN3O3. The highest BCUT2D eigenvalue weighted by Gasteiger charge is 2.21. The van der Waals surface area contributed by atoms with Gasteiger partial charge in [-0.05, 0) is 50.2 Å². The average molecular weight is 430 g/mol. The third-order valence-electron chi connectivity index (χ3n) is 3.99. The molecule has 27 heavy (non-hydrogen) atoms. The van der Waals surface area contributed by atoms with E-state index in [1.165, 1.54) is 4.90 Å². The highest BCUT2D eigenvalue weighted by molar-refractivity contribution is 9.10. The second-order valence-corrected chi connectivity index (χ2v) is 7.19. The standard InChI is InChI=1S/C20H20BrN3O3/c1-13-4-6-15(7-5-13)19-23-22-18(27-19)12-24(3)20(25)14(2)26-17-10-8-16(21)9-11-17/h4-11,14H,12H2,1-3H3/t14-/m1/s1. The molecule has 1 amide bonds. The van der Waals surface area contributed by atoms with Gasteiger partial charge in [0.2, 0.25) is 11.8 Å². The Balaban J connectivity index is 1.60. The van der Waals surface area contributed by atoms with Crippen molar-refractivity contribution in [3.8, 4) is 17.2 Å². The zero-order chi connectivity index (χ0) is 19.4. The van der Waals surface area contributed by atoms with E-state index >= 15 is 0 Å². The van der Waals surface area contributed by atoms with E-state index in [1.807, 2.05) is 43.3 Å². The van der Waals surface area contributed by atoms with Crippen LogP contribution in [0.3, 0.4) is 0 Å². The Kier molecular flexibility index (Phi) is 5.91. The molecule has 0 aliphatic rings. The average Bonchev–Trinajstić information content (AvgIpc) is 3.12. The van der Waals surface area contributed by atoms with Gasteiger partial charge in [0.25, 0.3) is 5.91 Å². The molecule has 6 nitrogen and oxygen atoms in total. The maximum absolute atomic E-state index is 12.5. The zero-order valence-electron chi connectivity index (χ0n) is 15.3. The van der Waals surface area contributed by atoms with Gasteiger partial charge in [0, 0.05) is 17.1 Å². The van der Waals surface area contributed by atoms with E-state index in [1.54, 1.807) is 26.1 Å². The summed E-state index contributed by atoms with van der Waals surface area (Å²) in [4.78, 5) is 14.0. The Bertz CT molecular complexity index is 907. The van der Waals surface area contributed by atoms with Crippen LogP contribution < -0.4 is 4.74 Å². The maximum Gasteiger partial charge on any atom is 0.263 e. The smallest absolute Gasteiger partial charge is 0.263 e. The van der Waals surface area contributed by atoms with Crippen LogP contribution in [0, 0.1) is 6.92 Å². The molecule has 0 N–H and O–H groups in total. The summed E-state index contributed by atoms with van der Waals surface area (Å²) in [6.45, 7) is 3.94. The van der Waals surface area contributed by atoms with Crippen molar-refractivity contribution in [3.05, 3.63) is 64.5 Å². The van der Waals surface area contributed by atoms with E-state index in [0.29, 0.717) is 17.5 Å². The Morgan fingerprint density at radius 1 is 1.15 bits per heavy atom. The lowest BCUT2D eigenvalue weighted by Crippen LogP contribution is -2.37. The second-order valence-electron chi connectivity index (χ2n) is 6.28. The van der Waals surface area contributed by atoms with Gasteiger partial charge in [-0.2, -0.15) is 0 Å². The number of hydrogen-bond acceptors (Lipinski definition) is 5. The van der Waals surface area contributed by atoms with Gasteiger partial charge in [-0.1, -0.05) is 33.6 Å². The molecule has 3 rings (SSSR count). The number of ether oxygens (including phenoxy) is 1. The molecule has 7 heteroatoms. The molecule has 3 aromatic rings. The Labute approximate surface area is 166 Å². The molecule has 1 aromatic heterocycles. The molecule has 0 saturated heterocycles. The number of amides is 1. The normalized spacial score (nSPS) is 11.9. The highest BCUT2D eigenvalue weighted by Crippen LogP contribution is 2.20. The molecular weight excluding hydrogens is 410 g/mol. The van der Waals surface area contributed by atoms with Crippen LogP contribution in [-0.4, -0.2) is 34.2 Å². The first-order valence-corrected chi connectivity index (χ1v) is 9.28. The van der Waals surface area contributed by atoms with Crippen molar-refractivity contribution in [1.29, 1.82) is 0 Å². The Morgan fingerprint density at radius 2 is 1.81 bits per heavy atom. The molecule has 0 radical (unpaired) electrons. The van der Waals surface area contributed by atoms with Crippen LogP contribution >= 0.6 is 15.9 Å². The number of carbonyl (C=O) groups excluding carboxylic acids is 1. The summed E-state index contributed by atoms with van der Waals surface area (Å²) in [7, 11) is 1.68. The lowest BCUT2D eigenvalue weighted by molar-refractivity contribution is -0.137. The largest absolute Gasteiger partial charge is 0.481 e. The van der Waals surface area contributed by atoms with Gasteiger partial charge in [-0.25, -0.2) is 0 Å². The first-order chi connectivity index (χ1) is 12.9. The molecule has 0 aliphatic carbocycles. The lowest BCUT2D eigenvalue weighted by atomic mass is 10.1. The summed E-state index contributed by atoms with van der Waals surface area (Å²) in [6.07, 6.45) is -0.629. The topological polar surface area (TPSA) is 68.5 Å². The van der Waals surface area contributed by atoms with E-state index in [-0.39, 0.29) is 12.5 Å². The summed E-state index contributed by atoms with van der Waals surface area (Å²) in [6, 6.07) is 15.2. The van der Waals surface area contributed by atoms with Crippen LogP contribution in [0.15, 0.2) is 57.4 Å². The zero-order valence-corrected chi connectivity index (χ0v) is 16.9. The molecule has 0 unspecified atom stereocenters. The fourth-order valence-electron chi connectivity index (χ4n) is 2.49. The molecule has 0 bridgehead atoms. The Hall–Kier alpha value is -2.67. The minimum absolute atomic E-state index is 0.173. The van der Waals surface area contributed by atoms with Crippen molar-refractivity contribution in [2.45, 2.75) is 26.5 Å². The van der Waals surface area contributed by atoms with Crippen LogP contribution in [0.25, 0.3) is 11.5 Å². The molecule has 2 aromatic carbocycles. The van der Waals surface area contributed by atoms with Gasteiger partial charge in [0.15, 0.2) is 6.10 Å². The number of nitrogens with zero attached hydrogens (tertiary/aromatic N) is 3. The molecule has 0 aliphatic heterocycles. The molecule has 0 saturated carbocycles. The predicted octanol–water partition coefficient (Wildman–Crippen LogP) is 4.23. The summed E-state index contributed by atoms with van der Waals surface area (Å²) >= 11 is 3.37. The first-order valence-electron chi connectivity index (χ1n) is 8.49. The van der Waals surface area contributed by atoms with Crippen molar-refractivity contribution in [2.75, 3.05) is 7.05 Å². The number of hydrogen-bond donors (Lipinski definition) is 0. The number of aromatic nitrogens is 2. The number of benzene rings is 2. The van der Waals surface area contributed by atoms with Crippen molar-refractivity contribution in [3.63, 3.8) is 0 Å². The van der Waals surface area contributed by atoms with Crippen molar-refractivity contribution < 1.29 is 13.9 Å². The highest BCUT2D eigenvalue weighted by atomic mass is 79.9. The molecule has 140 valence electrons. The van der Waals surface area contributed by atoms with Crippen LogP contribution in [0.2, 0.25) is 0 Å². The third-order valence-corrected chi connectivity index (χ3v) is 4.52. The van der Waals surface area contributed by atoms with E-state index in [2.05, 4.69) is 26.1 Å². The van der Waals surface area contributed by atoms with Gasteiger partial charge in [0.1, 0.15) is 5.75 Å². The summed E-state index contributed by atoms with van der Waals surface area (Å²) in [5.41, 5.74) is 2.00. The van der Waals surface area contributed by atoms with Gasteiger partial charge in [-0.15, -0.1) is 10.2 Å². The fourth-order valence-corrected chi connectivity index (χ4v) is 2.75. The molecule has 1 atom stereocenters. The Morgan fingerprint density at radius 3 is 2.48 bits per heavy atom. The number of carbonyl (C=O) groups is 1. The van der Waals surface area contributed by atoms with Crippen LogP contribution in [-0.2, 0) is 11.3 Å². The lowest BCUT2D eigenvalue weighted by Gasteiger charge is -2.20. The quantitative estimate of drug-likeness (QED) is 0.586. The van der Waals surface area contributed by atoms with E-state index in [9.17, 15) is 4.79 Å². The number of halogens is 1. The van der Waals surface area contributed by atoms with Crippen LogP contribution in [0.1, 0.15) is 18.4 Å². The second kappa shape index (κ2) is 8.35. The van der Waals surface area contributed by atoms with Crippen molar-refractivity contribution in [1.82, 2.24) is 15.1 Å². The van der Waals surface area contributed by atoms with Gasteiger partial charge < -0.3 is 14.1 Å². The van der Waals surface area contributed by atoms with Gasteiger partial charge in [0.05, 0.1) is 6.54 Å². The minimum Gasteiger partial charge on any atom is -0.481 e. The number of rotatable bonds is 6. The summed E-state index contributed by atoms with van der Waals surface area (Å²) in [5.74, 6) is 1.27. The monoisotopic (exact) mass is 429 g/mol. The summed E-state index contributed by atoms with van der Waals surface area (Å²) < 4.78 is 12.3.